The second-order valence-electron chi connectivity index (χ2n) is 4.98. The van der Waals surface area contributed by atoms with Gasteiger partial charge in [0.15, 0.2) is 0 Å². The first-order valence-electron chi connectivity index (χ1n) is 5.32. The highest BCUT2D eigenvalue weighted by Gasteiger charge is 2.40. The number of nitrogens with one attached hydrogen (secondary N) is 1. The van der Waals surface area contributed by atoms with Crippen molar-refractivity contribution in [3.63, 3.8) is 0 Å². The number of carbonyl (C=O) groups excluding carboxylic acids is 1. The molecule has 0 spiro atoms. The van der Waals surface area contributed by atoms with E-state index in [9.17, 15) is 4.79 Å². The Balaban J connectivity index is 2.74. The number of carbonyl (C=O) groups is 1. The predicted molar refractivity (Wildman–Crippen MR) is 59.2 cm³/mol. The van der Waals surface area contributed by atoms with Crippen LogP contribution in [-0.4, -0.2) is 24.7 Å². The highest BCUT2D eigenvalue weighted by atomic mass is 16.6. The molecule has 0 aromatic heterocycles. The maximum Gasteiger partial charge on any atom is 0.324 e. The first-order valence-corrected chi connectivity index (χ1v) is 5.32. The molecule has 1 N–H and O–H groups in total. The van der Waals surface area contributed by atoms with Crippen LogP contribution in [0.15, 0.2) is 0 Å². The summed E-state index contributed by atoms with van der Waals surface area (Å²) >= 11 is 0. The fourth-order valence-electron chi connectivity index (χ4n) is 1.64. The van der Waals surface area contributed by atoms with E-state index in [1.165, 1.54) is 0 Å². The number of esters is 1. The van der Waals surface area contributed by atoms with E-state index >= 15 is 0 Å². The van der Waals surface area contributed by atoms with Crippen LogP contribution in [0.1, 0.15) is 33.6 Å². The van der Waals surface area contributed by atoms with E-state index in [4.69, 9.17) is 11.2 Å². The Morgan fingerprint density at radius 3 is 2.33 bits per heavy atom. The maximum atomic E-state index is 12.0. The molecular weight excluding hydrogens is 190 g/mol. The lowest BCUT2D eigenvalue weighted by molar-refractivity contribution is -0.165. The van der Waals surface area contributed by atoms with Crippen molar-refractivity contribution in [3.05, 3.63) is 0 Å². The molecule has 1 saturated heterocycles. The number of piperidine rings is 1. The quantitative estimate of drug-likeness (QED) is 0.523. The zero-order valence-corrected chi connectivity index (χ0v) is 9.72. The van der Waals surface area contributed by atoms with Gasteiger partial charge in [-0.2, -0.15) is 0 Å². The molecule has 3 nitrogen and oxygen atoms in total. The third-order valence-electron chi connectivity index (χ3n) is 2.52. The van der Waals surface area contributed by atoms with Gasteiger partial charge >= 0.3 is 5.97 Å². The van der Waals surface area contributed by atoms with Gasteiger partial charge in [-0.05, 0) is 46.7 Å². The maximum absolute atomic E-state index is 12.0. The van der Waals surface area contributed by atoms with Crippen LogP contribution >= 0.6 is 0 Å². The van der Waals surface area contributed by atoms with Gasteiger partial charge in [-0.1, -0.05) is 5.92 Å². The summed E-state index contributed by atoms with van der Waals surface area (Å²) in [4.78, 5) is 12.0. The normalized spacial score (nSPS) is 20.4. The molecular formula is C12H19NO2. The molecule has 0 unspecified atom stereocenters. The molecule has 0 atom stereocenters. The molecule has 15 heavy (non-hydrogen) atoms. The van der Waals surface area contributed by atoms with E-state index in [2.05, 4.69) is 11.2 Å². The topological polar surface area (TPSA) is 38.3 Å². The van der Waals surface area contributed by atoms with Crippen LogP contribution in [0.25, 0.3) is 0 Å². The SMILES string of the molecule is C#CC1(C(=O)OC(C)(C)C)CCNCC1. The summed E-state index contributed by atoms with van der Waals surface area (Å²) in [5.74, 6) is 2.37. The largest absolute Gasteiger partial charge is 0.459 e. The van der Waals surface area contributed by atoms with E-state index in [0.717, 1.165) is 13.1 Å². The molecule has 0 radical (unpaired) electrons. The minimum Gasteiger partial charge on any atom is -0.459 e. The molecule has 0 aromatic carbocycles. The summed E-state index contributed by atoms with van der Waals surface area (Å²) in [7, 11) is 0. The standard InChI is InChI=1S/C12H19NO2/c1-5-12(6-8-13-9-7-12)10(14)15-11(2,3)4/h1,13H,6-9H2,2-4H3. The monoisotopic (exact) mass is 209 g/mol. The zero-order valence-electron chi connectivity index (χ0n) is 9.72. The van der Waals surface area contributed by atoms with Crippen LogP contribution in [0.5, 0.6) is 0 Å². The van der Waals surface area contributed by atoms with Gasteiger partial charge < -0.3 is 10.1 Å². The third kappa shape index (κ3) is 2.97. The Bertz CT molecular complexity index is 277. The minimum atomic E-state index is -0.710. The van der Waals surface area contributed by atoms with E-state index in [1.807, 2.05) is 20.8 Å². The van der Waals surface area contributed by atoms with Gasteiger partial charge in [-0.3, -0.25) is 4.79 Å². The van der Waals surface area contributed by atoms with Gasteiger partial charge in [-0.25, -0.2) is 0 Å². The smallest absolute Gasteiger partial charge is 0.324 e. The Hall–Kier alpha value is -1.01. The summed E-state index contributed by atoms with van der Waals surface area (Å²) in [5, 5.41) is 3.19. The Kier molecular flexibility index (Phi) is 3.41. The summed E-state index contributed by atoms with van der Waals surface area (Å²) in [6, 6.07) is 0. The fourth-order valence-corrected chi connectivity index (χ4v) is 1.64. The molecule has 0 amide bonds. The highest BCUT2D eigenvalue weighted by Crippen LogP contribution is 2.31. The van der Waals surface area contributed by atoms with Gasteiger partial charge in [0.1, 0.15) is 11.0 Å². The lowest BCUT2D eigenvalue weighted by atomic mass is 9.80. The molecule has 0 bridgehead atoms. The van der Waals surface area contributed by atoms with E-state index in [0.29, 0.717) is 12.8 Å². The molecule has 1 aliphatic heterocycles. The number of hydrogen-bond acceptors (Lipinski definition) is 3. The average molecular weight is 209 g/mol. The van der Waals surface area contributed by atoms with Crippen molar-refractivity contribution in [1.82, 2.24) is 5.32 Å². The van der Waals surface area contributed by atoms with E-state index in [-0.39, 0.29) is 5.97 Å². The lowest BCUT2D eigenvalue weighted by Crippen LogP contribution is -2.44. The molecule has 1 aliphatic rings. The van der Waals surface area contributed by atoms with Crippen molar-refractivity contribution in [2.24, 2.45) is 5.41 Å². The molecule has 0 saturated carbocycles. The van der Waals surface area contributed by atoms with Gasteiger partial charge in [-0.15, -0.1) is 6.42 Å². The van der Waals surface area contributed by atoms with Crippen LogP contribution in [0, 0.1) is 17.8 Å². The van der Waals surface area contributed by atoms with Gasteiger partial charge in [0, 0.05) is 0 Å². The van der Waals surface area contributed by atoms with Crippen LogP contribution in [0.4, 0.5) is 0 Å². The van der Waals surface area contributed by atoms with Crippen molar-refractivity contribution in [2.75, 3.05) is 13.1 Å². The Morgan fingerprint density at radius 1 is 1.40 bits per heavy atom. The molecule has 0 aliphatic carbocycles. The van der Waals surface area contributed by atoms with Crippen LogP contribution in [0.2, 0.25) is 0 Å². The van der Waals surface area contributed by atoms with Gasteiger partial charge in [0.25, 0.3) is 0 Å². The third-order valence-corrected chi connectivity index (χ3v) is 2.52. The molecule has 3 heteroatoms. The summed E-state index contributed by atoms with van der Waals surface area (Å²) < 4.78 is 5.36. The van der Waals surface area contributed by atoms with Gasteiger partial charge in [0.05, 0.1) is 0 Å². The van der Waals surface area contributed by atoms with Gasteiger partial charge in [0.2, 0.25) is 0 Å². The molecule has 1 rings (SSSR count). The predicted octanol–water partition coefficient (Wildman–Crippen LogP) is 1.33. The van der Waals surface area contributed by atoms with Crippen molar-refractivity contribution >= 4 is 5.97 Å². The molecule has 1 fully saturated rings. The number of ether oxygens (including phenoxy) is 1. The van der Waals surface area contributed by atoms with Crippen molar-refractivity contribution < 1.29 is 9.53 Å². The first-order chi connectivity index (χ1) is 6.90. The molecule has 0 aromatic rings. The van der Waals surface area contributed by atoms with E-state index < -0.39 is 11.0 Å². The van der Waals surface area contributed by atoms with Crippen molar-refractivity contribution in [1.29, 1.82) is 0 Å². The van der Waals surface area contributed by atoms with Crippen molar-refractivity contribution in [3.8, 4) is 12.3 Å². The Morgan fingerprint density at radius 2 is 1.93 bits per heavy atom. The van der Waals surface area contributed by atoms with Crippen LogP contribution in [0.3, 0.4) is 0 Å². The number of hydrogen-bond donors (Lipinski definition) is 1. The van der Waals surface area contributed by atoms with Crippen molar-refractivity contribution in [2.45, 2.75) is 39.2 Å². The second-order valence-corrected chi connectivity index (χ2v) is 4.98. The Labute approximate surface area is 91.6 Å². The lowest BCUT2D eigenvalue weighted by Gasteiger charge is -2.33. The van der Waals surface area contributed by atoms with Crippen LogP contribution < -0.4 is 5.32 Å². The first kappa shape index (κ1) is 12.1. The number of terminal acetylenes is 1. The minimum absolute atomic E-state index is 0.251. The van der Waals surface area contributed by atoms with Crippen LogP contribution in [-0.2, 0) is 9.53 Å². The molecule has 1 heterocycles. The average Bonchev–Trinajstić information content (AvgIpc) is 2.16. The highest BCUT2D eigenvalue weighted by molar-refractivity contribution is 5.81. The van der Waals surface area contributed by atoms with E-state index in [1.54, 1.807) is 0 Å². The fraction of sp³-hybridized carbons (Fsp3) is 0.750. The summed E-state index contributed by atoms with van der Waals surface area (Å²) in [6.07, 6.45) is 6.81. The zero-order chi connectivity index (χ0) is 11.5. The molecule has 84 valence electrons. The summed E-state index contributed by atoms with van der Waals surface area (Å²) in [5.41, 5.74) is -1.18. The number of rotatable bonds is 1. The summed E-state index contributed by atoms with van der Waals surface area (Å²) in [6.45, 7) is 7.13. The second kappa shape index (κ2) is 4.24.